The van der Waals surface area contributed by atoms with E-state index in [0.717, 1.165) is 12.5 Å². The zero-order valence-corrected chi connectivity index (χ0v) is 22.5. The molecule has 3 heterocycles. The Morgan fingerprint density at radius 3 is 2.51 bits per heavy atom. The number of amides is 2. The van der Waals surface area contributed by atoms with Crippen molar-refractivity contribution in [1.82, 2.24) is 19.9 Å². The summed E-state index contributed by atoms with van der Waals surface area (Å²) in [4.78, 5) is 47.2. The molecule has 0 atom stereocenters. The first-order valence-electron chi connectivity index (χ1n) is 12.6. The fourth-order valence-electron chi connectivity index (χ4n) is 4.04. The van der Waals surface area contributed by atoms with Gasteiger partial charge in [-0.2, -0.15) is 0 Å². The fraction of sp³-hybridized carbons (Fsp3) is 0.100. The maximum atomic E-state index is 13.8. The maximum Gasteiger partial charge on any atom is 0.270 e. The van der Waals surface area contributed by atoms with Crippen LogP contribution in [0.3, 0.4) is 0 Å². The second kappa shape index (κ2) is 12.0. The summed E-state index contributed by atoms with van der Waals surface area (Å²) in [5, 5.41) is 5.85. The first-order chi connectivity index (χ1) is 19.8. The van der Waals surface area contributed by atoms with E-state index in [1.165, 1.54) is 41.2 Å². The molecule has 3 aromatic heterocycles. The minimum atomic E-state index is -0.646. The van der Waals surface area contributed by atoms with E-state index in [4.69, 9.17) is 16.3 Å². The predicted octanol–water partition coefficient (Wildman–Crippen LogP) is 5.76. The van der Waals surface area contributed by atoms with Crippen LogP contribution in [0.5, 0.6) is 11.5 Å². The van der Waals surface area contributed by atoms with E-state index < -0.39 is 17.3 Å². The summed E-state index contributed by atoms with van der Waals surface area (Å²) >= 11 is 5.96. The van der Waals surface area contributed by atoms with Crippen LogP contribution in [0.2, 0.25) is 5.02 Å². The number of hydrogen-bond acceptors (Lipinski definition) is 6. The largest absolute Gasteiger partial charge is 0.457 e. The van der Waals surface area contributed by atoms with Gasteiger partial charge in [0.1, 0.15) is 34.2 Å². The molecular weight excluding hydrogens is 549 g/mol. The number of fused-ring (bicyclic) bond motifs is 1. The zero-order chi connectivity index (χ0) is 28.9. The number of aromatic nitrogens is 3. The lowest BCUT2D eigenvalue weighted by Gasteiger charge is -2.13. The van der Waals surface area contributed by atoms with Crippen molar-refractivity contribution >= 4 is 40.1 Å². The number of benzene rings is 2. The van der Waals surface area contributed by atoms with Gasteiger partial charge in [-0.15, -0.1) is 0 Å². The number of rotatable bonds is 8. The van der Waals surface area contributed by atoms with Crippen LogP contribution < -0.4 is 20.9 Å². The van der Waals surface area contributed by atoms with Crippen molar-refractivity contribution in [3.63, 3.8) is 0 Å². The van der Waals surface area contributed by atoms with E-state index in [1.807, 2.05) is 6.92 Å². The van der Waals surface area contributed by atoms with Crippen molar-refractivity contribution in [2.75, 3.05) is 11.9 Å². The van der Waals surface area contributed by atoms with E-state index in [2.05, 4.69) is 20.6 Å². The molecule has 5 rings (SSSR count). The van der Waals surface area contributed by atoms with Gasteiger partial charge < -0.3 is 15.4 Å². The molecule has 0 aliphatic rings. The standard InChI is InChI=1S/C30H23ClFN5O4/c1-2-12-35-29(39)26-17-22(11-14-33-26)41-21-8-5-19(6-9-21)36-28(38)23-15-18-4-3-13-34-27(18)37(30(23)40)20-7-10-25(32)24(31)16-20/h3-11,13-17H,2,12H2,1H3,(H,35,39)(H,36,38). The Hall–Kier alpha value is -5.09. The summed E-state index contributed by atoms with van der Waals surface area (Å²) in [5.74, 6) is -0.690. The van der Waals surface area contributed by atoms with Crippen molar-refractivity contribution in [2.24, 2.45) is 0 Å². The third-order valence-corrected chi connectivity index (χ3v) is 6.31. The molecular formula is C30H23ClFN5O4. The van der Waals surface area contributed by atoms with Crippen LogP contribution in [0.1, 0.15) is 34.2 Å². The molecule has 11 heteroatoms. The number of halogens is 2. The highest BCUT2D eigenvalue weighted by Gasteiger charge is 2.18. The van der Waals surface area contributed by atoms with Crippen molar-refractivity contribution in [2.45, 2.75) is 13.3 Å². The lowest BCUT2D eigenvalue weighted by molar-refractivity contribution is 0.0947. The van der Waals surface area contributed by atoms with Gasteiger partial charge in [0.15, 0.2) is 0 Å². The van der Waals surface area contributed by atoms with Crippen molar-refractivity contribution in [3.8, 4) is 17.2 Å². The number of carbonyl (C=O) groups is 2. The molecule has 0 aliphatic heterocycles. The molecule has 2 N–H and O–H groups in total. The summed E-state index contributed by atoms with van der Waals surface area (Å²) in [5.41, 5.74) is 0.422. The van der Waals surface area contributed by atoms with Gasteiger partial charge >= 0.3 is 0 Å². The first-order valence-corrected chi connectivity index (χ1v) is 13.0. The second-order valence-electron chi connectivity index (χ2n) is 8.93. The van der Waals surface area contributed by atoms with E-state index in [1.54, 1.807) is 42.5 Å². The molecule has 0 spiro atoms. The van der Waals surface area contributed by atoms with Gasteiger partial charge in [-0.25, -0.2) is 9.37 Å². The lowest BCUT2D eigenvalue weighted by Crippen LogP contribution is -2.29. The third kappa shape index (κ3) is 6.07. The Morgan fingerprint density at radius 2 is 1.76 bits per heavy atom. The third-order valence-electron chi connectivity index (χ3n) is 6.02. The zero-order valence-electron chi connectivity index (χ0n) is 21.7. The van der Waals surface area contributed by atoms with Gasteiger partial charge in [0.25, 0.3) is 17.4 Å². The number of nitrogens with one attached hydrogen (secondary N) is 2. The monoisotopic (exact) mass is 571 g/mol. The topological polar surface area (TPSA) is 115 Å². The van der Waals surface area contributed by atoms with Crippen LogP contribution in [0.15, 0.2) is 90.0 Å². The quantitative estimate of drug-likeness (QED) is 0.245. The average molecular weight is 572 g/mol. The Bertz CT molecular complexity index is 1830. The molecule has 0 saturated carbocycles. The molecule has 2 amide bonds. The number of hydrogen-bond donors (Lipinski definition) is 2. The summed E-state index contributed by atoms with van der Waals surface area (Å²) in [6.45, 7) is 2.50. The minimum absolute atomic E-state index is 0.142. The molecule has 0 bridgehead atoms. The molecule has 0 aliphatic carbocycles. The van der Waals surface area contributed by atoms with Crippen molar-refractivity contribution < 1.29 is 18.7 Å². The van der Waals surface area contributed by atoms with E-state index in [9.17, 15) is 18.8 Å². The number of anilines is 1. The highest BCUT2D eigenvalue weighted by Crippen LogP contribution is 2.24. The molecule has 41 heavy (non-hydrogen) atoms. The molecule has 5 aromatic rings. The van der Waals surface area contributed by atoms with Gasteiger partial charge in [0.2, 0.25) is 0 Å². The van der Waals surface area contributed by atoms with Gasteiger partial charge in [0, 0.05) is 36.1 Å². The normalized spacial score (nSPS) is 10.8. The molecule has 206 valence electrons. The summed E-state index contributed by atoms with van der Waals surface area (Å²) < 4.78 is 20.9. The van der Waals surface area contributed by atoms with Crippen molar-refractivity contribution in [1.29, 1.82) is 0 Å². The lowest BCUT2D eigenvalue weighted by atomic mass is 10.1. The Balaban J connectivity index is 1.37. The summed E-state index contributed by atoms with van der Waals surface area (Å²) in [6, 6.07) is 18.3. The minimum Gasteiger partial charge on any atom is -0.457 e. The van der Waals surface area contributed by atoms with E-state index in [0.29, 0.717) is 34.8 Å². The molecule has 9 nitrogen and oxygen atoms in total. The van der Waals surface area contributed by atoms with Crippen LogP contribution >= 0.6 is 11.6 Å². The predicted molar refractivity (Wildman–Crippen MR) is 154 cm³/mol. The second-order valence-corrected chi connectivity index (χ2v) is 9.33. The molecule has 0 saturated heterocycles. The molecule has 0 radical (unpaired) electrons. The van der Waals surface area contributed by atoms with Gasteiger partial charge in [-0.3, -0.25) is 23.9 Å². The van der Waals surface area contributed by atoms with Gasteiger partial charge in [-0.05, 0) is 73.2 Å². The van der Waals surface area contributed by atoms with Gasteiger partial charge in [-0.1, -0.05) is 18.5 Å². The van der Waals surface area contributed by atoms with Crippen LogP contribution in [-0.4, -0.2) is 32.9 Å². The van der Waals surface area contributed by atoms with Crippen LogP contribution in [0.25, 0.3) is 16.7 Å². The Morgan fingerprint density at radius 1 is 0.951 bits per heavy atom. The molecule has 0 fully saturated rings. The Labute approximate surface area is 238 Å². The van der Waals surface area contributed by atoms with Crippen LogP contribution in [-0.2, 0) is 0 Å². The first kappa shape index (κ1) is 27.5. The average Bonchev–Trinajstić information content (AvgIpc) is 2.98. The highest BCUT2D eigenvalue weighted by atomic mass is 35.5. The van der Waals surface area contributed by atoms with Crippen LogP contribution in [0, 0.1) is 5.82 Å². The summed E-state index contributed by atoms with van der Waals surface area (Å²) in [7, 11) is 0. The summed E-state index contributed by atoms with van der Waals surface area (Å²) in [6.07, 6.45) is 3.80. The number of carbonyl (C=O) groups excluding carboxylic acids is 2. The molecule has 2 aromatic carbocycles. The fourth-order valence-corrected chi connectivity index (χ4v) is 4.21. The van der Waals surface area contributed by atoms with Crippen LogP contribution in [0.4, 0.5) is 10.1 Å². The van der Waals surface area contributed by atoms with Crippen molar-refractivity contribution in [3.05, 3.63) is 118 Å². The van der Waals surface area contributed by atoms with E-state index >= 15 is 0 Å². The smallest absolute Gasteiger partial charge is 0.270 e. The number of nitrogens with zero attached hydrogens (tertiary/aromatic N) is 3. The maximum absolute atomic E-state index is 13.8. The number of ether oxygens (including phenoxy) is 1. The Kier molecular flexibility index (Phi) is 8.02. The van der Waals surface area contributed by atoms with E-state index in [-0.39, 0.29) is 27.9 Å². The molecule has 0 unspecified atom stereocenters. The number of pyridine rings is 3. The van der Waals surface area contributed by atoms with Gasteiger partial charge in [0.05, 0.1) is 10.7 Å². The highest BCUT2D eigenvalue weighted by molar-refractivity contribution is 6.30. The SMILES string of the molecule is CCCNC(=O)c1cc(Oc2ccc(NC(=O)c3cc4cccnc4n(-c4ccc(F)c(Cl)c4)c3=O)cc2)ccn1.